The normalized spacial score (nSPS) is 15.9. The Morgan fingerprint density at radius 2 is 1.37 bits per heavy atom. The van der Waals surface area contributed by atoms with Crippen molar-refractivity contribution in [2.75, 3.05) is 101 Å². The van der Waals surface area contributed by atoms with Gasteiger partial charge in [0, 0.05) is 103 Å². The highest BCUT2D eigenvalue weighted by Gasteiger charge is 2.42. The molecule has 19 nitrogen and oxygen atoms in total. The number of hydrogen-bond acceptors (Lipinski definition) is 14. The fourth-order valence-electron chi connectivity index (χ4n) is 7.86. The summed E-state index contributed by atoms with van der Waals surface area (Å²) in [6, 6.07) is 14.2. The molecule has 0 saturated carbocycles. The van der Waals surface area contributed by atoms with Crippen molar-refractivity contribution in [3.05, 3.63) is 78.4 Å². The van der Waals surface area contributed by atoms with Gasteiger partial charge in [-0.1, -0.05) is 41.2 Å². The fourth-order valence-corrected chi connectivity index (χ4v) is 9.99. The third kappa shape index (κ3) is 24.2. The summed E-state index contributed by atoms with van der Waals surface area (Å²) in [5.74, 6) is 1.44. The molecule has 1 aromatic heterocycles. The molecule has 0 bridgehead atoms. The Balaban J connectivity index is 0.757. The molecule has 3 heterocycles. The minimum atomic E-state index is -0.253. The van der Waals surface area contributed by atoms with E-state index in [9.17, 15) is 28.4 Å². The summed E-state index contributed by atoms with van der Waals surface area (Å²) in [5.41, 5.74) is 2.65. The molecule has 400 valence electrons. The zero-order valence-electron chi connectivity index (χ0n) is 41.8. The van der Waals surface area contributed by atoms with Crippen molar-refractivity contribution in [3.8, 4) is 0 Å². The molecule has 0 radical (unpaired) electrons. The largest absolute Gasteiger partial charge is 0.379 e. The van der Waals surface area contributed by atoms with Gasteiger partial charge in [-0.25, -0.2) is 19.2 Å². The molecule has 3 aromatic rings. The quantitative estimate of drug-likeness (QED) is 0.0104. The Kier molecular flexibility index (Phi) is 27.7. The fraction of sp³-hybridized carbons (Fsp3) is 0.549. The molecule has 22 heteroatoms. The lowest BCUT2D eigenvalue weighted by Crippen LogP contribution is -2.36. The van der Waals surface area contributed by atoms with E-state index in [1.165, 1.54) is 18.5 Å². The molecule has 2 aliphatic rings. The maximum atomic E-state index is 13.9. The van der Waals surface area contributed by atoms with Crippen molar-refractivity contribution < 1.29 is 42.6 Å². The third-order valence-corrected chi connectivity index (χ3v) is 14.0. The minimum absolute atomic E-state index is 0.0613. The lowest BCUT2D eigenvalue weighted by molar-refractivity contribution is -0.123. The van der Waals surface area contributed by atoms with E-state index in [0.717, 1.165) is 62.2 Å². The second kappa shape index (κ2) is 34.4. The Hall–Kier alpha value is -5.14. The van der Waals surface area contributed by atoms with E-state index in [2.05, 4.69) is 80.0 Å². The van der Waals surface area contributed by atoms with E-state index in [1.54, 1.807) is 30.3 Å². The molecule has 3 atom stereocenters. The van der Waals surface area contributed by atoms with E-state index < -0.39 is 0 Å². The summed E-state index contributed by atoms with van der Waals surface area (Å²) < 4.78 is 31.2. The molecule has 8 N–H and O–H groups in total. The number of unbranched alkanes of at least 4 members (excludes halogenated alkanes) is 2. The average molecular weight is 1150 g/mol. The van der Waals surface area contributed by atoms with Gasteiger partial charge in [-0.3, -0.25) is 19.2 Å². The van der Waals surface area contributed by atoms with Crippen LogP contribution in [0.5, 0.6) is 0 Å². The van der Waals surface area contributed by atoms with Gasteiger partial charge >= 0.3 is 6.03 Å². The van der Waals surface area contributed by atoms with Gasteiger partial charge in [0.25, 0.3) is 0 Å². The molecule has 5 rings (SSSR count). The number of likely N-dealkylation sites (N-methyl/N-ethyl adjacent to an activating group) is 1. The number of urea groups is 1. The van der Waals surface area contributed by atoms with Crippen molar-refractivity contribution in [3.63, 3.8) is 0 Å². The van der Waals surface area contributed by atoms with Crippen LogP contribution in [0, 0.1) is 5.82 Å². The molecular weight excluding hydrogens is 1070 g/mol. The van der Waals surface area contributed by atoms with Crippen LogP contribution in [0.15, 0.2) is 67.0 Å². The van der Waals surface area contributed by atoms with Gasteiger partial charge in [-0.15, -0.1) is 0 Å². The number of hydrogen-bond donors (Lipinski definition) is 8. The number of ether oxygens (including phenoxy) is 3. The summed E-state index contributed by atoms with van der Waals surface area (Å²) in [6.45, 7) is 5.90. The number of thioether (sulfide) groups is 1. The molecular formula is C51H73FIN11O8S. The van der Waals surface area contributed by atoms with Crippen LogP contribution in [0.2, 0.25) is 0 Å². The van der Waals surface area contributed by atoms with Crippen LogP contribution in [0.25, 0.3) is 0 Å². The van der Waals surface area contributed by atoms with Gasteiger partial charge < -0.3 is 61.6 Å². The topological polar surface area (TPSA) is 238 Å². The lowest BCUT2D eigenvalue weighted by Gasteiger charge is -2.16. The first-order valence-corrected chi connectivity index (χ1v) is 27.8. The highest BCUT2D eigenvalue weighted by molar-refractivity contribution is 14.1. The monoisotopic (exact) mass is 1150 g/mol. The van der Waals surface area contributed by atoms with Crippen LogP contribution >= 0.6 is 34.4 Å². The SMILES string of the molecule is CN(C/C=C/C(=O)Nc1cccc(Nc2cc(Nc3ccc(F)c(CI)c3)ncn2)c1)CCCCNC(=O)CCCC(=O)NCCCOCCOCCOCCCNC(=O)CCCC[C@@H]1SC[C@@H]2NC(=O)N[C@@H]21. The Bertz CT molecular complexity index is 2220. The van der Waals surface area contributed by atoms with Gasteiger partial charge in [-0.05, 0) is 100 Å². The number of benzene rings is 2. The summed E-state index contributed by atoms with van der Waals surface area (Å²) in [4.78, 5) is 71.4. The molecule has 0 spiro atoms. The van der Waals surface area contributed by atoms with E-state index in [4.69, 9.17) is 14.2 Å². The van der Waals surface area contributed by atoms with Crippen LogP contribution in [0.4, 0.5) is 37.9 Å². The van der Waals surface area contributed by atoms with Crippen LogP contribution in [-0.4, -0.2) is 147 Å². The Morgan fingerprint density at radius 1 is 0.753 bits per heavy atom. The number of rotatable bonds is 37. The van der Waals surface area contributed by atoms with Crippen molar-refractivity contribution in [2.45, 2.75) is 92.4 Å². The van der Waals surface area contributed by atoms with E-state index in [-0.39, 0.29) is 54.0 Å². The van der Waals surface area contributed by atoms with Crippen molar-refractivity contribution in [1.29, 1.82) is 0 Å². The maximum Gasteiger partial charge on any atom is 0.315 e. The van der Waals surface area contributed by atoms with E-state index in [0.29, 0.717) is 124 Å². The lowest BCUT2D eigenvalue weighted by atomic mass is 10.0. The number of carbonyl (C=O) groups is 5. The molecule has 0 unspecified atom stereocenters. The second-order valence-corrected chi connectivity index (χ2v) is 19.8. The number of carbonyl (C=O) groups excluding carboxylic acids is 5. The number of amides is 6. The van der Waals surface area contributed by atoms with Crippen LogP contribution in [0.1, 0.15) is 76.2 Å². The number of aromatic nitrogens is 2. The number of fused-ring (bicyclic) bond motifs is 1. The number of halogens is 2. The number of alkyl halides is 1. The van der Waals surface area contributed by atoms with Gasteiger partial charge in [0.15, 0.2) is 0 Å². The minimum Gasteiger partial charge on any atom is -0.379 e. The molecule has 6 amide bonds. The highest BCUT2D eigenvalue weighted by atomic mass is 127. The smallest absolute Gasteiger partial charge is 0.315 e. The standard InChI is InChI=1S/C51H73FIN11O8S/c1-64(24-8-17-49(68)61-39-12-6-11-38(32-39)59-44-33-45(58-36-57-44)60-40-18-19-41(52)37(31-40)34-53)23-5-4-20-54-47(66)15-7-16-48(67)56-22-10-26-71-28-30-72-29-27-70-25-9-21-55-46(65)14-3-2-13-43-50-42(35-73-43)62-51(69)63-50/h6,8,11-12,17-19,31-33,36,42-43,50H,2-5,7,9-10,13-16,20-30,34-35H2,1H3,(H,54,66)(H,55,65)(H,56,67)(H,61,68)(H2,62,63,69)(H2,57,58,59,60)/b17-8+/t42-,43-,50-/m0/s1. The Morgan fingerprint density at radius 3 is 2.04 bits per heavy atom. The van der Waals surface area contributed by atoms with Crippen LogP contribution < -0.4 is 42.5 Å². The third-order valence-electron chi connectivity index (χ3n) is 11.7. The van der Waals surface area contributed by atoms with Crippen molar-refractivity contribution in [2.24, 2.45) is 0 Å². The number of nitrogens with one attached hydrogen (secondary N) is 8. The molecule has 2 saturated heterocycles. The highest BCUT2D eigenvalue weighted by Crippen LogP contribution is 2.33. The summed E-state index contributed by atoms with van der Waals surface area (Å²) in [5, 5.41) is 24.4. The molecule has 2 aromatic carbocycles. The number of nitrogens with zero attached hydrogens (tertiary/aromatic N) is 3. The molecule has 2 fully saturated rings. The second-order valence-electron chi connectivity index (χ2n) is 17.7. The van der Waals surface area contributed by atoms with Crippen LogP contribution in [0.3, 0.4) is 0 Å². The zero-order chi connectivity index (χ0) is 51.9. The van der Waals surface area contributed by atoms with Crippen molar-refractivity contribution in [1.82, 2.24) is 41.5 Å². The van der Waals surface area contributed by atoms with Gasteiger partial charge in [0.1, 0.15) is 23.8 Å². The molecule has 73 heavy (non-hydrogen) atoms. The van der Waals surface area contributed by atoms with Crippen LogP contribution in [-0.2, 0) is 37.8 Å². The Labute approximate surface area is 446 Å². The summed E-state index contributed by atoms with van der Waals surface area (Å²) >= 11 is 4.02. The first-order valence-electron chi connectivity index (χ1n) is 25.2. The number of anilines is 5. The first-order chi connectivity index (χ1) is 35.5. The van der Waals surface area contributed by atoms with Gasteiger partial charge in [0.2, 0.25) is 23.6 Å². The van der Waals surface area contributed by atoms with E-state index in [1.807, 2.05) is 37.0 Å². The summed E-state index contributed by atoms with van der Waals surface area (Å²) in [7, 11) is 1.97. The van der Waals surface area contributed by atoms with Crippen molar-refractivity contribution >= 4 is 92.7 Å². The van der Waals surface area contributed by atoms with Gasteiger partial charge in [-0.2, -0.15) is 11.8 Å². The maximum absolute atomic E-state index is 13.9. The summed E-state index contributed by atoms with van der Waals surface area (Å²) in [6.07, 6.45) is 12.2. The zero-order valence-corrected chi connectivity index (χ0v) is 44.8. The van der Waals surface area contributed by atoms with Gasteiger partial charge in [0.05, 0.1) is 38.5 Å². The average Bonchev–Trinajstić information content (AvgIpc) is 3.93. The first kappa shape index (κ1) is 58.7. The molecule has 2 aliphatic heterocycles. The predicted molar refractivity (Wildman–Crippen MR) is 292 cm³/mol. The molecule has 0 aliphatic carbocycles. The predicted octanol–water partition coefficient (Wildman–Crippen LogP) is 6.32. The van der Waals surface area contributed by atoms with E-state index >= 15 is 0 Å².